The summed E-state index contributed by atoms with van der Waals surface area (Å²) in [6.45, 7) is 3.80. The maximum Gasteiger partial charge on any atom is 0.258 e. The molecule has 2 amide bonds. The van der Waals surface area contributed by atoms with Crippen LogP contribution in [0.5, 0.6) is 5.75 Å². The van der Waals surface area contributed by atoms with Gasteiger partial charge >= 0.3 is 0 Å². The minimum atomic E-state index is -0.262. The van der Waals surface area contributed by atoms with Crippen molar-refractivity contribution in [1.29, 1.82) is 0 Å². The lowest BCUT2D eigenvalue weighted by Gasteiger charge is -2.18. The molecule has 2 heterocycles. The van der Waals surface area contributed by atoms with Crippen molar-refractivity contribution in [2.45, 2.75) is 32.7 Å². The Labute approximate surface area is 162 Å². The Kier molecular flexibility index (Phi) is 4.77. The second kappa shape index (κ2) is 7.38. The Balaban J connectivity index is 1.38. The highest BCUT2D eigenvalue weighted by atomic mass is 16.5. The molecule has 3 aromatic rings. The van der Waals surface area contributed by atoms with Crippen molar-refractivity contribution in [2.24, 2.45) is 0 Å². The molecule has 2 N–H and O–H groups in total. The Morgan fingerprint density at radius 1 is 1.25 bits per heavy atom. The average molecular weight is 378 g/mol. The number of ether oxygens (including phenoxy) is 1. The van der Waals surface area contributed by atoms with Crippen LogP contribution in [0.4, 0.5) is 5.69 Å². The lowest BCUT2D eigenvalue weighted by atomic mass is 10.0. The van der Waals surface area contributed by atoms with Crippen LogP contribution in [-0.4, -0.2) is 18.4 Å². The molecule has 2 aromatic carbocycles. The predicted molar refractivity (Wildman–Crippen MR) is 106 cm³/mol. The highest BCUT2D eigenvalue weighted by Gasteiger charge is 2.19. The lowest BCUT2D eigenvalue weighted by Crippen LogP contribution is -2.31. The molecule has 0 bridgehead atoms. The number of carbonyl (C=O) groups is 2. The fourth-order valence-corrected chi connectivity index (χ4v) is 3.55. The van der Waals surface area contributed by atoms with E-state index in [1.54, 1.807) is 12.1 Å². The van der Waals surface area contributed by atoms with Crippen molar-refractivity contribution in [3.63, 3.8) is 0 Å². The van der Waals surface area contributed by atoms with Crippen LogP contribution >= 0.6 is 0 Å². The highest BCUT2D eigenvalue weighted by molar-refractivity contribution is 5.94. The van der Waals surface area contributed by atoms with Crippen LogP contribution in [0.1, 0.15) is 36.3 Å². The van der Waals surface area contributed by atoms with Gasteiger partial charge in [0, 0.05) is 23.1 Å². The second-order valence-electron chi connectivity index (χ2n) is 7.03. The Morgan fingerprint density at radius 2 is 2.07 bits per heavy atom. The molecular weight excluding hydrogens is 356 g/mol. The maximum absolute atomic E-state index is 12.3. The van der Waals surface area contributed by atoms with Gasteiger partial charge < -0.3 is 19.8 Å². The molecule has 0 radical (unpaired) electrons. The van der Waals surface area contributed by atoms with Gasteiger partial charge in [-0.3, -0.25) is 9.59 Å². The summed E-state index contributed by atoms with van der Waals surface area (Å²) < 4.78 is 11.5. The Morgan fingerprint density at radius 3 is 2.89 bits per heavy atom. The topological polar surface area (TPSA) is 80.6 Å². The van der Waals surface area contributed by atoms with E-state index in [1.165, 1.54) is 0 Å². The van der Waals surface area contributed by atoms with Gasteiger partial charge in [-0.05, 0) is 50.1 Å². The zero-order valence-electron chi connectivity index (χ0n) is 15.9. The smallest absolute Gasteiger partial charge is 0.258 e. The number of para-hydroxylation sites is 1. The number of hydrogen-bond donors (Lipinski definition) is 2. The summed E-state index contributed by atoms with van der Waals surface area (Å²) in [5.41, 5.74) is 3.67. The third kappa shape index (κ3) is 3.58. The number of carbonyl (C=O) groups excluding carboxylic acids is 2. The van der Waals surface area contributed by atoms with Crippen molar-refractivity contribution in [2.75, 3.05) is 11.9 Å². The van der Waals surface area contributed by atoms with E-state index in [0.29, 0.717) is 18.6 Å². The third-order valence-electron chi connectivity index (χ3n) is 4.99. The van der Waals surface area contributed by atoms with Gasteiger partial charge in [-0.15, -0.1) is 0 Å². The first kappa shape index (κ1) is 18.1. The van der Waals surface area contributed by atoms with Gasteiger partial charge in [0.05, 0.1) is 6.04 Å². The summed E-state index contributed by atoms with van der Waals surface area (Å²) in [6.07, 6.45) is 1.14. The number of amides is 2. The number of fused-ring (bicyclic) bond motifs is 2. The summed E-state index contributed by atoms with van der Waals surface area (Å²) in [5, 5.41) is 6.80. The first-order valence-corrected chi connectivity index (χ1v) is 9.34. The van der Waals surface area contributed by atoms with Crippen molar-refractivity contribution in [3.05, 3.63) is 59.4 Å². The molecule has 144 valence electrons. The molecule has 0 fully saturated rings. The van der Waals surface area contributed by atoms with E-state index in [-0.39, 0.29) is 24.5 Å². The van der Waals surface area contributed by atoms with E-state index in [0.717, 1.165) is 33.5 Å². The first-order valence-electron chi connectivity index (χ1n) is 9.34. The zero-order chi connectivity index (χ0) is 19.7. The van der Waals surface area contributed by atoms with Gasteiger partial charge in [0.2, 0.25) is 5.91 Å². The van der Waals surface area contributed by atoms with Gasteiger partial charge in [-0.1, -0.05) is 18.2 Å². The summed E-state index contributed by atoms with van der Waals surface area (Å²) in [5.74, 6) is 1.16. The summed E-state index contributed by atoms with van der Waals surface area (Å²) >= 11 is 0. The highest BCUT2D eigenvalue weighted by Crippen LogP contribution is 2.29. The SMILES string of the molecule is Cc1c(C(C)NC(=O)COc2ccc3c(c2)CCC(=O)N3)oc2ccccc12. The number of furan rings is 1. The zero-order valence-corrected chi connectivity index (χ0v) is 15.9. The van der Waals surface area contributed by atoms with E-state index in [9.17, 15) is 9.59 Å². The van der Waals surface area contributed by atoms with Gasteiger partial charge in [0.15, 0.2) is 6.61 Å². The number of benzene rings is 2. The molecule has 1 aliphatic heterocycles. The van der Waals surface area contributed by atoms with Crippen molar-refractivity contribution in [3.8, 4) is 5.75 Å². The van der Waals surface area contributed by atoms with E-state index in [4.69, 9.17) is 9.15 Å². The van der Waals surface area contributed by atoms with Crippen LogP contribution in [0.3, 0.4) is 0 Å². The van der Waals surface area contributed by atoms with Gasteiger partial charge in [-0.25, -0.2) is 0 Å². The van der Waals surface area contributed by atoms with Gasteiger partial charge in [0.1, 0.15) is 17.1 Å². The van der Waals surface area contributed by atoms with E-state index >= 15 is 0 Å². The van der Waals surface area contributed by atoms with Crippen LogP contribution in [0, 0.1) is 6.92 Å². The first-order chi connectivity index (χ1) is 13.5. The van der Waals surface area contributed by atoms with Gasteiger partial charge in [0.25, 0.3) is 5.91 Å². The molecule has 6 heteroatoms. The van der Waals surface area contributed by atoms with Crippen molar-refractivity contribution < 1.29 is 18.7 Å². The van der Waals surface area contributed by atoms with E-state index in [1.807, 2.05) is 44.2 Å². The number of anilines is 1. The number of aryl methyl sites for hydroxylation is 2. The fraction of sp³-hybridized carbons (Fsp3) is 0.273. The van der Waals surface area contributed by atoms with Crippen molar-refractivity contribution in [1.82, 2.24) is 5.32 Å². The molecule has 1 atom stereocenters. The molecule has 1 aliphatic rings. The number of nitrogens with one attached hydrogen (secondary N) is 2. The largest absolute Gasteiger partial charge is 0.484 e. The number of hydrogen-bond acceptors (Lipinski definition) is 4. The Bertz CT molecular complexity index is 1050. The number of rotatable bonds is 5. The molecule has 6 nitrogen and oxygen atoms in total. The molecule has 1 unspecified atom stereocenters. The van der Waals surface area contributed by atoms with Crippen LogP contribution in [0.2, 0.25) is 0 Å². The Hall–Kier alpha value is -3.28. The average Bonchev–Trinajstić information content (AvgIpc) is 3.03. The van der Waals surface area contributed by atoms with Crippen LogP contribution in [0.25, 0.3) is 11.0 Å². The standard InChI is InChI=1S/C22H22N2O4/c1-13-17-5-3-4-6-19(17)28-22(13)14(2)23-21(26)12-27-16-8-9-18-15(11-16)7-10-20(25)24-18/h3-6,8-9,11,14H,7,10,12H2,1-2H3,(H,23,26)(H,24,25). The minimum absolute atomic E-state index is 0.0235. The molecule has 0 spiro atoms. The lowest BCUT2D eigenvalue weighted by molar-refractivity contribution is -0.123. The van der Waals surface area contributed by atoms with E-state index < -0.39 is 0 Å². The molecular formula is C22H22N2O4. The normalized spacial score (nSPS) is 14.3. The van der Waals surface area contributed by atoms with Gasteiger partial charge in [-0.2, -0.15) is 0 Å². The van der Waals surface area contributed by atoms with Crippen molar-refractivity contribution >= 4 is 28.5 Å². The van der Waals surface area contributed by atoms with Crippen LogP contribution < -0.4 is 15.4 Å². The minimum Gasteiger partial charge on any atom is -0.484 e. The summed E-state index contributed by atoms with van der Waals surface area (Å²) in [7, 11) is 0. The van der Waals surface area contributed by atoms with E-state index in [2.05, 4.69) is 10.6 Å². The van der Waals surface area contributed by atoms with Crippen LogP contribution in [0.15, 0.2) is 46.9 Å². The quantitative estimate of drug-likeness (QED) is 0.706. The fourth-order valence-electron chi connectivity index (χ4n) is 3.55. The summed E-state index contributed by atoms with van der Waals surface area (Å²) in [4.78, 5) is 23.7. The summed E-state index contributed by atoms with van der Waals surface area (Å²) in [6, 6.07) is 13.0. The molecule has 28 heavy (non-hydrogen) atoms. The molecule has 4 rings (SSSR count). The molecule has 0 saturated heterocycles. The maximum atomic E-state index is 12.3. The molecule has 0 aliphatic carbocycles. The predicted octanol–water partition coefficient (Wildman–Crippen LogP) is 3.88. The molecule has 1 aromatic heterocycles. The third-order valence-corrected chi connectivity index (χ3v) is 4.99. The van der Waals surface area contributed by atoms with Crippen LogP contribution in [-0.2, 0) is 16.0 Å². The molecule has 0 saturated carbocycles. The second-order valence-corrected chi connectivity index (χ2v) is 7.03. The monoisotopic (exact) mass is 378 g/mol.